The smallest absolute Gasteiger partial charge is 0.260 e. The highest BCUT2D eigenvalue weighted by molar-refractivity contribution is 7.89. The number of benzene rings is 3. The number of fused-ring (bicyclic) bond motifs is 1. The lowest BCUT2D eigenvalue weighted by Crippen LogP contribution is -2.52. The average Bonchev–Trinajstić information content (AvgIpc) is 3.63. The molecule has 1 aromatic heterocycles. The molecular weight excluding hydrogens is 727 g/mol. The number of piperidine rings is 1. The van der Waals surface area contributed by atoms with Crippen molar-refractivity contribution in [3.8, 4) is 11.5 Å². The normalized spacial score (nSPS) is 16.9. The highest BCUT2D eigenvalue weighted by Gasteiger charge is 2.41. The molecule has 2 aliphatic heterocycles. The minimum atomic E-state index is -4.20. The number of halogens is 2. The van der Waals surface area contributed by atoms with Crippen molar-refractivity contribution in [1.29, 1.82) is 5.41 Å². The molecule has 0 aliphatic carbocycles. The first-order chi connectivity index (χ1) is 24.8. The SMILES string of the molecule is Cc1cc(C)c2cccc(OCc3c(Cl)ccc(S(=O)(=O)N4CCC[C@H]4C(=O)NC4CCN(C(=O)COc5ccc(C(=N)N)cc5)CC4)c3Cl)c2n1. The maximum atomic E-state index is 14.1. The summed E-state index contributed by atoms with van der Waals surface area (Å²) >= 11 is 13.3. The van der Waals surface area contributed by atoms with Crippen LogP contribution in [0.3, 0.4) is 0 Å². The van der Waals surface area contributed by atoms with Gasteiger partial charge in [0, 0.05) is 52.9 Å². The molecule has 3 heterocycles. The number of carbonyl (C=O) groups is 2. The first-order valence-electron chi connectivity index (χ1n) is 17.0. The van der Waals surface area contributed by atoms with Crippen LogP contribution in [-0.4, -0.2) is 78.6 Å². The van der Waals surface area contributed by atoms with Crippen LogP contribution in [0.1, 0.15) is 48.1 Å². The zero-order valence-electron chi connectivity index (χ0n) is 28.8. The number of sulfonamides is 1. The summed E-state index contributed by atoms with van der Waals surface area (Å²) in [5.74, 6) is 0.386. The number of nitrogens with zero attached hydrogens (tertiary/aromatic N) is 3. The van der Waals surface area contributed by atoms with E-state index in [4.69, 9.17) is 43.8 Å². The maximum Gasteiger partial charge on any atom is 0.260 e. The highest BCUT2D eigenvalue weighted by Crippen LogP contribution is 2.37. The number of hydrogen-bond donors (Lipinski definition) is 3. The molecule has 2 saturated heterocycles. The molecule has 12 nitrogen and oxygen atoms in total. The number of pyridine rings is 1. The van der Waals surface area contributed by atoms with Crippen LogP contribution < -0.4 is 20.5 Å². The van der Waals surface area contributed by atoms with Gasteiger partial charge in [-0.05, 0) is 93.6 Å². The van der Waals surface area contributed by atoms with E-state index in [-0.39, 0.29) is 58.4 Å². The zero-order chi connectivity index (χ0) is 37.2. The van der Waals surface area contributed by atoms with Gasteiger partial charge in [0.05, 0.1) is 5.02 Å². The number of likely N-dealkylation sites (tertiary alicyclic amines) is 1. The van der Waals surface area contributed by atoms with E-state index in [0.29, 0.717) is 66.9 Å². The van der Waals surface area contributed by atoms with E-state index in [1.54, 1.807) is 35.2 Å². The summed E-state index contributed by atoms with van der Waals surface area (Å²) in [5, 5.41) is 11.6. The van der Waals surface area contributed by atoms with Crippen LogP contribution in [0, 0.1) is 19.3 Å². The molecule has 52 heavy (non-hydrogen) atoms. The number of aromatic nitrogens is 1. The van der Waals surface area contributed by atoms with E-state index in [1.165, 1.54) is 16.4 Å². The lowest BCUT2D eigenvalue weighted by Gasteiger charge is -2.33. The predicted molar refractivity (Wildman–Crippen MR) is 200 cm³/mol. The lowest BCUT2D eigenvalue weighted by atomic mass is 10.0. The summed E-state index contributed by atoms with van der Waals surface area (Å²) in [6.07, 6.45) is 1.90. The Labute approximate surface area is 312 Å². The second-order valence-corrected chi connectivity index (χ2v) is 15.7. The van der Waals surface area contributed by atoms with Crippen LogP contribution in [-0.2, 0) is 26.2 Å². The average molecular weight is 768 g/mol. The van der Waals surface area contributed by atoms with Gasteiger partial charge < -0.3 is 25.4 Å². The van der Waals surface area contributed by atoms with Crippen LogP contribution in [0.2, 0.25) is 10.0 Å². The molecule has 2 amide bonds. The predicted octanol–water partition coefficient (Wildman–Crippen LogP) is 5.36. The number of carbonyl (C=O) groups excluding carboxylic acids is 2. The Hall–Kier alpha value is -4.43. The van der Waals surface area contributed by atoms with Crippen LogP contribution in [0.5, 0.6) is 11.5 Å². The van der Waals surface area contributed by atoms with Gasteiger partial charge in [0.15, 0.2) is 6.61 Å². The number of aryl methyl sites for hydroxylation is 2. The Morgan fingerprint density at radius 2 is 1.73 bits per heavy atom. The summed E-state index contributed by atoms with van der Waals surface area (Å²) in [6, 6.07) is 15.9. The Morgan fingerprint density at radius 1 is 1.00 bits per heavy atom. The summed E-state index contributed by atoms with van der Waals surface area (Å²) in [7, 11) is -4.20. The number of amidine groups is 1. The third-order valence-corrected chi connectivity index (χ3v) is 12.3. The quantitative estimate of drug-likeness (QED) is 0.136. The van der Waals surface area contributed by atoms with Crippen LogP contribution in [0.15, 0.2) is 65.6 Å². The second kappa shape index (κ2) is 15.7. The van der Waals surface area contributed by atoms with Gasteiger partial charge in [0.2, 0.25) is 15.9 Å². The third kappa shape index (κ3) is 7.97. The van der Waals surface area contributed by atoms with E-state index in [0.717, 1.165) is 16.6 Å². The molecule has 4 N–H and O–H groups in total. The summed E-state index contributed by atoms with van der Waals surface area (Å²) in [6.45, 7) is 4.66. The van der Waals surface area contributed by atoms with Crippen molar-refractivity contribution in [1.82, 2.24) is 19.5 Å². The highest BCUT2D eigenvalue weighted by atomic mass is 35.5. The standard InChI is InChI=1S/C37H40Cl2N6O6S/c1-22-19-23(2)42-35-27(22)5-3-7-31(35)51-20-28-29(38)12-13-32(34(28)39)52(48,49)45-16-4-6-30(45)37(47)43-25-14-17-44(18-15-25)33(46)21-50-26-10-8-24(9-11-26)36(40)41/h3,5,7-13,19,25,30H,4,6,14-18,20-21H2,1-2H3,(H3,40,41)(H,43,47)/t30-/m0/s1. The van der Waals surface area contributed by atoms with E-state index < -0.39 is 16.1 Å². The molecule has 0 radical (unpaired) electrons. The number of ether oxygens (including phenoxy) is 2. The van der Waals surface area contributed by atoms with Gasteiger partial charge in [-0.2, -0.15) is 4.31 Å². The number of nitrogen functional groups attached to an aromatic ring is 1. The maximum absolute atomic E-state index is 14.1. The molecule has 4 aromatic rings. The molecule has 0 unspecified atom stereocenters. The van der Waals surface area contributed by atoms with Crippen molar-refractivity contribution in [2.75, 3.05) is 26.2 Å². The second-order valence-electron chi connectivity index (χ2n) is 13.0. The van der Waals surface area contributed by atoms with Crippen molar-refractivity contribution in [2.24, 2.45) is 5.73 Å². The van der Waals surface area contributed by atoms with Gasteiger partial charge in [-0.1, -0.05) is 35.3 Å². The third-order valence-electron chi connectivity index (χ3n) is 9.47. The van der Waals surface area contributed by atoms with Crippen LogP contribution in [0.4, 0.5) is 0 Å². The number of nitrogens with one attached hydrogen (secondary N) is 2. The van der Waals surface area contributed by atoms with Crippen LogP contribution >= 0.6 is 23.2 Å². The van der Waals surface area contributed by atoms with Gasteiger partial charge in [-0.3, -0.25) is 15.0 Å². The Balaban J connectivity index is 1.07. The molecule has 1 atom stereocenters. The molecular formula is C37H40Cl2N6O6S. The number of amides is 2. The van der Waals surface area contributed by atoms with E-state index in [2.05, 4.69) is 10.3 Å². The summed E-state index contributed by atoms with van der Waals surface area (Å²) in [4.78, 5) is 32.5. The van der Waals surface area contributed by atoms with Gasteiger partial charge in [-0.15, -0.1) is 0 Å². The number of rotatable bonds is 11. The molecule has 0 saturated carbocycles. The van der Waals surface area contributed by atoms with Gasteiger partial charge in [0.1, 0.15) is 40.4 Å². The molecule has 3 aromatic carbocycles. The minimum Gasteiger partial charge on any atom is -0.487 e. The lowest BCUT2D eigenvalue weighted by molar-refractivity contribution is -0.134. The number of para-hydroxylation sites is 1. The minimum absolute atomic E-state index is 0.0532. The van der Waals surface area contributed by atoms with Gasteiger partial charge in [-0.25, -0.2) is 13.4 Å². The van der Waals surface area contributed by atoms with E-state index in [1.807, 2.05) is 32.0 Å². The molecule has 274 valence electrons. The van der Waals surface area contributed by atoms with E-state index in [9.17, 15) is 18.0 Å². The first-order valence-corrected chi connectivity index (χ1v) is 19.2. The Kier molecular flexibility index (Phi) is 11.2. The first kappa shape index (κ1) is 37.3. The van der Waals surface area contributed by atoms with Crippen molar-refractivity contribution < 1.29 is 27.5 Å². The molecule has 15 heteroatoms. The van der Waals surface area contributed by atoms with Crippen molar-refractivity contribution in [2.45, 2.75) is 63.1 Å². The van der Waals surface area contributed by atoms with Crippen molar-refractivity contribution in [3.05, 3.63) is 93.1 Å². The fourth-order valence-corrected chi connectivity index (χ4v) is 9.20. The van der Waals surface area contributed by atoms with Crippen LogP contribution in [0.25, 0.3) is 10.9 Å². The fourth-order valence-electron chi connectivity index (χ4n) is 6.68. The summed E-state index contributed by atoms with van der Waals surface area (Å²) in [5.41, 5.74) is 8.93. The summed E-state index contributed by atoms with van der Waals surface area (Å²) < 4.78 is 41.1. The van der Waals surface area contributed by atoms with Gasteiger partial charge in [0.25, 0.3) is 5.91 Å². The number of nitrogens with two attached hydrogens (primary N) is 1. The fraction of sp³-hybridized carbons (Fsp3) is 0.351. The van der Waals surface area contributed by atoms with Gasteiger partial charge >= 0.3 is 0 Å². The number of hydrogen-bond acceptors (Lipinski definition) is 8. The Morgan fingerprint density at radius 3 is 2.44 bits per heavy atom. The van der Waals surface area contributed by atoms with Crippen molar-refractivity contribution >= 4 is 61.8 Å². The molecule has 2 fully saturated rings. The topological polar surface area (TPSA) is 168 Å². The largest absolute Gasteiger partial charge is 0.487 e. The monoisotopic (exact) mass is 766 g/mol. The molecule has 6 rings (SSSR count). The zero-order valence-corrected chi connectivity index (χ0v) is 31.2. The molecule has 2 aliphatic rings. The van der Waals surface area contributed by atoms with E-state index >= 15 is 0 Å². The molecule has 0 bridgehead atoms. The molecule has 0 spiro atoms. The van der Waals surface area contributed by atoms with Crippen molar-refractivity contribution in [3.63, 3.8) is 0 Å². The Bertz CT molecular complexity index is 2120.